The molecule has 0 spiro atoms. The largest absolute Gasteiger partial charge is 0.494 e. The van der Waals surface area contributed by atoms with E-state index < -0.39 is 0 Å². The number of nitrogens with one attached hydrogen (secondary N) is 2. The summed E-state index contributed by atoms with van der Waals surface area (Å²) >= 11 is 0. The second kappa shape index (κ2) is 9.94. The molecule has 28 heavy (non-hydrogen) atoms. The van der Waals surface area contributed by atoms with Crippen molar-refractivity contribution in [3.63, 3.8) is 0 Å². The van der Waals surface area contributed by atoms with Crippen LogP contribution in [0, 0.1) is 0 Å². The van der Waals surface area contributed by atoms with Gasteiger partial charge in [-0.3, -0.25) is 14.5 Å². The molecule has 0 radical (unpaired) electrons. The van der Waals surface area contributed by atoms with Crippen LogP contribution in [0.15, 0.2) is 47.1 Å². The first-order chi connectivity index (χ1) is 13.7. The maximum atomic E-state index is 12.2. The van der Waals surface area contributed by atoms with E-state index in [1.165, 1.54) is 0 Å². The number of rotatable bonds is 9. The Morgan fingerprint density at radius 1 is 1.14 bits per heavy atom. The topological polar surface area (TPSA) is 83.8 Å². The van der Waals surface area contributed by atoms with Crippen LogP contribution in [0.25, 0.3) is 0 Å². The quantitative estimate of drug-likeness (QED) is 0.692. The van der Waals surface area contributed by atoms with E-state index >= 15 is 0 Å². The molecule has 1 aliphatic heterocycles. The van der Waals surface area contributed by atoms with Crippen LogP contribution in [0.5, 0.6) is 5.75 Å². The lowest BCUT2D eigenvalue weighted by molar-refractivity contribution is -0.120. The monoisotopic (exact) mass is 385 g/mol. The van der Waals surface area contributed by atoms with E-state index in [2.05, 4.69) is 15.5 Å². The van der Waals surface area contributed by atoms with Gasteiger partial charge in [0.2, 0.25) is 5.91 Å². The summed E-state index contributed by atoms with van der Waals surface area (Å²) in [6.07, 6.45) is 3.96. The van der Waals surface area contributed by atoms with Crippen LogP contribution < -0.4 is 15.4 Å². The fourth-order valence-electron chi connectivity index (χ4n) is 3.35. The molecule has 0 aliphatic carbocycles. The minimum absolute atomic E-state index is 0.0169. The molecule has 0 saturated carbocycles. The van der Waals surface area contributed by atoms with Crippen molar-refractivity contribution < 1.29 is 18.7 Å². The van der Waals surface area contributed by atoms with Crippen molar-refractivity contribution in [2.24, 2.45) is 0 Å². The minimum Gasteiger partial charge on any atom is -0.494 e. The van der Waals surface area contributed by atoms with Gasteiger partial charge in [-0.05, 0) is 69.3 Å². The highest BCUT2D eigenvalue weighted by atomic mass is 16.5. The predicted molar refractivity (Wildman–Crippen MR) is 105 cm³/mol. The molecule has 1 aromatic carbocycles. The first kappa shape index (κ1) is 19.9. The number of hydrogen-bond acceptors (Lipinski definition) is 5. The number of hydrogen-bond donors (Lipinski definition) is 2. The molecule has 2 amide bonds. The van der Waals surface area contributed by atoms with E-state index in [9.17, 15) is 9.59 Å². The number of likely N-dealkylation sites (tertiary alicyclic amines) is 1. The number of benzene rings is 1. The summed E-state index contributed by atoms with van der Waals surface area (Å²) in [5.74, 6) is 1.04. The van der Waals surface area contributed by atoms with E-state index in [0.717, 1.165) is 31.7 Å². The van der Waals surface area contributed by atoms with Crippen LogP contribution in [-0.4, -0.2) is 49.5 Å². The number of carbonyl (C=O) groups is 2. The molecule has 1 saturated heterocycles. The van der Waals surface area contributed by atoms with Crippen LogP contribution >= 0.6 is 0 Å². The zero-order chi connectivity index (χ0) is 19.8. The second-order valence-corrected chi connectivity index (χ2v) is 6.72. The van der Waals surface area contributed by atoms with Gasteiger partial charge in [-0.25, -0.2) is 0 Å². The summed E-state index contributed by atoms with van der Waals surface area (Å²) < 4.78 is 10.9. The van der Waals surface area contributed by atoms with Crippen molar-refractivity contribution in [2.75, 3.05) is 32.8 Å². The lowest BCUT2D eigenvalue weighted by atomic mass is 10.2. The van der Waals surface area contributed by atoms with Gasteiger partial charge in [0.25, 0.3) is 5.91 Å². The third-order valence-electron chi connectivity index (χ3n) is 4.78. The molecule has 1 fully saturated rings. The molecule has 1 aromatic heterocycles. The Kier molecular flexibility index (Phi) is 7.08. The molecule has 150 valence electrons. The summed E-state index contributed by atoms with van der Waals surface area (Å²) in [5, 5.41) is 5.55. The van der Waals surface area contributed by atoms with Gasteiger partial charge in [0.15, 0.2) is 0 Å². The van der Waals surface area contributed by atoms with Crippen molar-refractivity contribution in [1.82, 2.24) is 15.5 Å². The molecule has 7 nitrogen and oxygen atoms in total. The molecule has 0 bridgehead atoms. The van der Waals surface area contributed by atoms with Crippen LogP contribution in [0.1, 0.15) is 41.9 Å². The van der Waals surface area contributed by atoms with Crippen molar-refractivity contribution >= 4 is 11.8 Å². The van der Waals surface area contributed by atoms with Crippen LogP contribution in [0.3, 0.4) is 0 Å². The number of ether oxygens (including phenoxy) is 1. The molecule has 1 unspecified atom stereocenters. The maximum absolute atomic E-state index is 12.2. The highest BCUT2D eigenvalue weighted by molar-refractivity contribution is 5.96. The van der Waals surface area contributed by atoms with Gasteiger partial charge in [0.05, 0.1) is 25.5 Å². The highest BCUT2D eigenvalue weighted by Crippen LogP contribution is 2.24. The van der Waals surface area contributed by atoms with Gasteiger partial charge in [-0.15, -0.1) is 0 Å². The Morgan fingerprint density at radius 2 is 1.89 bits per heavy atom. The van der Waals surface area contributed by atoms with Crippen molar-refractivity contribution in [1.29, 1.82) is 0 Å². The fraction of sp³-hybridized carbons (Fsp3) is 0.429. The third kappa shape index (κ3) is 5.36. The van der Waals surface area contributed by atoms with Crippen molar-refractivity contribution in [3.05, 3.63) is 54.0 Å². The van der Waals surface area contributed by atoms with Crippen LogP contribution in [0.2, 0.25) is 0 Å². The Hall–Kier alpha value is -2.80. The molecule has 7 heteroatoms. The van der Waals surface area contributed by atoms with E-state index in [0.29, 0.717) is 24.5 Å². The predicted octanol–water partition coefficient (Wildman–Crippen LogP) is 2.36. The molecular weight excluding hydrogens is 358 g/mol. The lowest BCUT2D eigenvalue weighted by Gasteiger charge is -2.26. The Labute approximate surface area is 165 Å². The number of furan rings is 1. The normalized spacial score (nSPS) is 15.2. The lowest BCUT2D eigenvalue weighted by Crippen LogP contribution is -2.41. The molecule has 2 heterocycles. The SMILES string of the molecule is CCOc1ccc(C(=O)NCC(=O)NCC(c2ccco2)N2CCCC2)cc1. The first-order valence-corrected chi connectivity index (χ1v) is 9.72. The van der Waals surface area contributed by atoms with Gasteiger partial charge in [-0.1, -0.05) is 0 Å². The minimum atomic E-state index is -0.291. The van der Waals surface area contributed by atoms with Gasteiger partial charge >= 0.3 is 0 Å². The van der Waals surface area contributed by atoms with Crippen LogP contribution in [0.4, 0.5) is 0 Å². The van der Waals surface area contributed by atoms with Crippen molar-refractivity contribution in [3.8, 4) is 5.75 Å². The summed E-state index contributed by atoms with van der Waals surface area (Å²) in [6, 6.07) is 10.6. The first-order valence-electron chi connectivity index (χ1n) is 9.72. The average Bonchev–Trinajstić information content (AvgIpc) is 3.42. The highest BCUT2D eigenvalue weighted by Gasteiger charge is 2.25. The summed E-state index contributed by atoms with van der Waals surface area (Å²) in [6.45, 7) is 4.84. The molecule has 2 aromatic rings. The zero-order valence-corrected chi connectivity index (χ0v) is 16.1. The molecule has 3 rings (SSSR count). The van der Waals surface area contributed by atoms with Crippen LogP contribution in [-0.2, 0) is 4.79 Å². The Balaban J connectivity index is 1.47. The second-order valence-electron chi connectivity index (χ2n) is 6.72. The summed E-state index contributed by atoms with van der Waals surface area (Å²) in [7, 11) is 0. The summed E-state index contributed by atoms with van der Waals surface area (Å²) in [4.78, 5) is 26.7. The zero-order valence-electron chi connectivity index (χ0n) is 16.1. The van der Waals surface area contributed by atoms with E-state index in [1.807, 2.05) is 19.1 Å². The number of carbonyl (C=O) groups excluding carboxylic acids is 2. The standard InChI is InChI=1S/C21H27N3O4/c1-2-27-17-9-7-16(8-10-17)21(26)23-15-20(25)22-14-18(19-6-5-13-28-19)24-11-3-4-12-24/h5-10,13,18H,2-4,11-12,14-15H2,1H3,(H,22,25)(H,23,26). The van der Waals surface area contributed by atoms with Gasteiger partial charge in [0.1, 0.15) is 11.5 Å². The van der Waals surface area contributed by atoms with E-state index in [-0.39, 0.29) is 24.4 Å². The molecular formula is C21H27N3O4. The third-order valence-corrected chi connectivity index (χ3v) is 4.78. The smallest absolute Gasteiger partial charge is 0.251 e. The Morgan fingerprint density at radius 3 is 2.54 bits per heavy atom. The molecule has 1 aliphatic rings. The Bertz CT molecular complexity index is 752. The number of nitrogens with zero attached hydrogens (tertiary/aromatic N) is 1. The van der Waals surface area contributed by atoms with Gasteiger partial charge < -0.3 is 19.8 Å². The van der Waals surface area contributed by atoms with E-state index in [4.69, 9.17) is 9.15 Å². The number of amides is 2. The van der Waals surface area contributed by atoms with Crippen molar-refractivity contribution in [2.45, 2.75) is 25.8 Å². The molecule has 2 N–H and O–H groups in total. The van der Waals surface area contributed by atoms with E-state index in [1.54, 1.807) is 30.5 Å². The van der Waals surface area contributed by atoms with Gasteiger partial charge in [0, 0.05) is 12.1 Å². The maximum Gasteiger partial charge on any atom is 0.251 e. The molecule has 1 atom stereocenters. The van der Waals surface area contributed by atoms with Gasteiger partial charge in [-0.2, -0.15) is 0 Å². The fourth-order valence-corrected chi connectivity index (χ4v) is 3.35. The summed E-state index contributed by atoms with van der Waals surface area (Å²) in [5.41, 5.74) is 0.488. The average molecular weight is 385 g/mol.